The lowest BCUT2D eigenvalue weighted by atomic mass is 10.2. The molecule has 21 heavy (non-hydrogen) atoms. The van der Waals surface area contributed by atoms with Crippen LogP contribution in [0.3, 0.4) is 0 Å². The van der Waals surface area contributed by atoms with Gasteiger partial charge in [-0.2, -0.15) is 4.98 Å². The zero-order valence-electron chi connectivity index (χ0n) is 9.82. The van der Waals surface area contributed by atoms with E-state index >= 15 is 0 Å². The molecule has 0 aliphatic carbocycles. The minimum atomic E-state index is -2.25. The van der Waals surface area contributed by atoms with E-state index in [1.165, 1.54) is 0 Å². The Hall–Kier alpha value is -2.01. The lowest BCUT2D eigenvalue weighted by molar-refractivity contribution is 0.382. The summed E-state index contributed by atoms with van der Waals surface area (Å²) in [5.41, 5.74) is 0.821. The van der Waals surface area contributed by atoms with Crippen molar-refractivity contribution >= 4 is 33.4 Å². The minimum absolute atomic E-state index is 0.116. The Balaban J connectivity index is 2.55. The third kappa shape index (κ3) is 2.74. The van der Waals surface area contributed by atoms with E-state index in [1.54, 1.807) is 0 Å². The molecule has 0 unspecified atom stereocenters. The first-order chi connectivity index (χ1) is 9.86. The summed E-state index contributed by atoms with van der Waals surface area (Å²) in [7, 11) is 0. The van der Waals surface area contributed by atoms with Crippen LogP contribution in [-0.2, 0) is 0 Å². The van der Waals surface area contributed by atoms with Gasteiger partial charge in [0.1, 0.15) is 5.69 Å². The zero-order chi connectivity index (χ0) is 15.7. The first kappa shape index (κ1) is 15.4. The average Bonchev–Trinajstić information content (AvgIpc) is 2.49. The van der Waals surface area contributed by atoms with Gasteiger partial charge in [0.25, 0.3) is 0 Å². The van der Waals surface area contributed by atoms with Crippen molar-refractivity contribution in [2.45, 2.75) is 0 Å². The van der Waals surface area contributed by atoms with Gasteiger partial charge in [-0.3, -0.25) is 5.43 Å². The number of hydrazine groups is 1. The number of nitrogens with zero attached hydrogens (tertiary/aromatic N) is 2. The van der Waals surface area contributed by atoms with Gasteiger partial charge in [-0.1, -0.05) is 0 Å². The highest BCUT2D eigenvalue weighted by atomic mass is 79.9. The Bertz CT molecular complexity index is 682. The van der Waals surface area contributed by atoms with Crippen LogP contribution in [0.5, 0.6) is 0 Å². The minimum Gasteiger partial charge on any atom is -0.334 e. The fourth-order valence-electron chi connectivity index (χ4n) is 1.36. The van der Waals surface area contributed by atoms with Crippen molar-refractivity contribution in [1.29, 1.82) is 0 Å². The molecule has 2 rings (SSSR count). The summed E-state index contributed by atoms with van der Waals surface area (Å²) in [5.74, 6) is -5.75. The van der Waals surface area contributed by atoms with Crippen LogP contribution in [0.4, 0.5) is 39.4 Å². The third-order valence-electron chi connectivity index (χ3n) is 2.33. The fraction of sp³-hybridized carbons (Fsp3) is 0. The molecule has 4 N–H and O–H groups in total. The molecule has 0 aliphatic heterocycles. The average molecular weight is 370 g/mol. The quantitative estimate of drug-likeness (QED) is 0.255. The maximum atomic E-state index is 13.5. The number of benzene rings is 1. The summed E-state index contributed by atoms with van der Waals surface area (Å²) < 4.78 is 66.2. The second kappa shape index (κ2) is 5.77. The number of nitrogen functional groups attached to an aromatic ring is 1. The maximum Gasteiger partial charge on any atom is 0.239 e. The van der Waals surface area contributed by atoms with Crippen molar-refractivity contribution in [3.8, 4) is 0 Å². The van der Waals surface area contributed by atoms with Crippen LogP contribution in [0.1, 0.15) is 0 Å². The summed E-state index contributed by atoms with van der Waals surface area (Å²) in [4.78, 5) is 7.34. The Morgan fingerprint density at radius 1 is 0.952 bits per heavy atom. The van der Waals surface area contributed by atoms with Crippen molar-refractivity contribution < 1.29 is 22.0 Å². The molecular formula is C10H5BrF5N5. The molecule has 5 nitrogen and oxygen atoms in total. The largest absolute Gasteiger partial charge is 0.334 e. The maximum absolute atomic E-state index is 13.5. The van der Waals surface area contributed by atoms with Gasteiger partial charge in [0.15, 0.2) is 29.1 Å². The van der Waals surface area contributed by atoms with Crippen LogP contribution in [0.15, 0.2) is 10.7 Å². The lowest BCUT2D eigenvalue weighted by Gasteiger charge is -2.11. The summed E-state index contributed by atoms with van der Waals surface area (Å²) >= 11 is 2.96. The number of hydrogen-bond donors (Lipinski definition) is 3. The van der Waals surface area contributed by atoms with Crippen LogP contribution in [-0.4, -0.2) is 9.97 Å². The molecule has 0 fully saturated rings. The first-order valence-electron chi connectivity index (χ1n) is 5.14. The number of anilines is 3. The number of nitrogens with two attached hydrogens (primary N) is 1. The van der Waals surface area contributed by atoms with E-state index in [1.807, 2.05) is 5.32 Å². The second-order valence-corrected chi connectivity index (χ2v) is 4.46. The van der Waals surface area contributed by atoms with E-state index in [9.17, 15) is 22.0 Å². The summed E-state index contributed by atoms with van der Waals surface area (Å²) in [5, 5.41) is 2.00. The van der Waals surface area contributed by atoms with E-state index < -0.39 is 34.8 Å². The topological polar surface area (TPSA) is 75.9 Å². The number of aromatic nitrogens is 2. The van der Waals surface area contributed by atoms with Gasteiger partial charge in [-0.25, -0.2) is 32.8 Å². The molecule has 1 heterocycles. The van der Waals surface area contributed by atoms with Crippen LogP contribution in [0, 0.1) is 29.1 Å². The molecule has 0 aliphatic rings. The highest BCUT2D eigenvalue weighted by Gasteiger charge is 2.26. The van der Waals surface area contributed by atoms with Gasteiger partial charge in [0.2, 0.25) is 11.8 Å². The van der Waals surface area contributed by atoms with Crippen molar-refractivity contribution in [2.75, 3.05) is 10.7 Å². The normalized spacial score (nSPS) is 10.6. The Kier molecular flexibility index (Phi) is 4.23. The standard InChI is InChI=1S/C10H5BrF5N5/c11-2-1-18-10(21-17)20-9(2)19-8-6(15)4(13)3(12)5(14)7(8)16/h1H,17H2,(H2,18,19,20,21). The van der Waals surface area contributed by atoms with E-state index in [-0.39, 0.29) is 16.2 Å². The molecule has 1 aromatic heterocycles. The van der Waals surface area contributed by atoms with Gasteiger partial charge >= 0.3 is 0 Å². The van der Waals surface area contributed by atoms with Crippen molar-refractivity contribution in [1.82, 2.24) is 9.97 Å². The lowest BCUT2D eigenvalue weighted by Crippen LogP contribution is -2.12. The molecule has 0 amide bonds. The zero-order valence-corrected chi connectivity index (χ0v) is 11.4. The number of nitrogens with one attached hydrogen (secondary N) is 2. The molecule has 1 aromatic carbocycles. The number of rotatable bonds is 3. The Labute approximate surface area is 122 Å². The Morgan fingerprint density at radius 3 is 2.00 bits per heavy atom. The molecule has 0 saturated carbocycles. The molecule has 0 bridgehead atoms. The van der Waals surface area contributed by atoms with Gasteiger partial charge in [-0.05, 0) is 15.9 Å². The molecule has 2 aromatic rings. The van der Waals surface area contributed by atoms with Gasteiger partial charge < -0.3 is 5.32 Å². The van der Waals surface area contributed by atoms with Crippen molar-refractivity contribution in [3.05, 3.63) is 39.8 Å². The smallest absolute Gasteiger partial charge is 0.239 e. The third-order valence-corrected chi connectivity index (χ3v) is 2.91. The molecule has 0 radical (unpaired) electrons. The summed E-state index contributed by atoms with van der Waals surface area (Å²) in [6.45, 7) is 0. The van der Waals surface area contributed by atoms with Crippen molar-refractivity contribution in [2.24, 2.45) is 5.84 Å². The van der Waals surface area contributed by atoms with Gasteiger partial charge in [0.05, 0.1) is 4.47 Å². The van der Waals surface area contributed by atoms with E-state index in [0.717, 1.165) is 6.20 Å². The molecule has 0 atom stereocenters. The highest BCUT2D eigenvalue weighted by molar-refractivity contribution is 9.10. The molecule has 0 spiro atoms. The van der Waals surface area contributed by atoms with E-state index in [2.05, 4.69) is 31.3 Å². The molecule has 11 heteroatoms. The van der Waals surface area contributed by atoms with Crippen LogP contribution in [0.2, 0.25) is 0 Å². The monoisotopic (exact) mass is 369 g/mol. The van der Waals surface area contributed by atoms with Crippen LogP contribution in [0.25, 0.3) is 0 Å². The molecular weight excluding hydrogens is 365 g/mol. The summed E-state index contributed by atoms with van der Waals surface area (Å²) in [6, 6.07) is 0. The summed E-state index contributed by atoms with van der Waals surface area (Å²) in [6.07, 6.45) is 1.16. The van der Waals surface area contributed by atoms with E-state index in [4.69, 9.17) is 5.84 Å². The highest BCUT2D eigenvalue weighted by Crippen LogP contribution is 2.31. The molecule has 0 saturated heterocycles. The van der Waals surface area contributed by atoms with E-state index in [0.29, 0.717) is 0 Å². The number of hydrogen-bond acceptors (Lipinski definition) is 5. The van der Waals surface area contributed by atoms with Crippen LogP contribution < -0.4 is 16.6 Å². The van der Waals surface area contributed by atoms with Crippen LogP contribution >= 0.6 is 15.9 Å². The second-order valence-electron chi connectivity index (χ2n) is 3.60. The SMILES string of the molecule is NNc1ncc(Br)c(Nc2c(F)c(F)c(F)c(F)c2F)n1. The van der Waals surface area contributed by atoms with Gasteiger partial charge in [0, 0.05) is 6.20 Å². The van der Waals surface area contributed by atoms with Gasteiger partial charge in [-0.15, -0.1) is 0 Å². The molecule has 112 valence electrons. The predicted molar refractivity (Wildman–Crippen MR) is 67.1 cm³/mol. The predicted octanol–water partition coefficient (Wildman–Crippen LogP) is 2.96. The Morgan fingerprint density at radius 2 is 1.48 bits per heavy atom. The first-order valence-corrected chi connectivity index (χ1v) is 5.93. The number of halogens is 6. The van der Waals surface area contributed by atoms with Crippen molar-refractivity contribution in [3.63, 3.8) is 0 Å². The fourth-order valence-corrected chi connectivity index (χ4v) is 1.65.